The molecule has 2 rings (SSSR count). The van der Waals surface area contributed by atoms with E-state index in [1.807, 2.05) is 6.92 Å². The van der Waals surface area contributed by atoms with E-state index >= 15 is 0 Å². The van der Waals surface area contributed by atoms with E-state index in [1.165, 1.54) is 17.0 Å². The quantitative estimate of drug-likeness (QED) is 0.248. The van der Waals surface area contributed by atoms with Crippen molar-refractivity contribution in [2.24, 2.45) is 0 Å². The number of unbranched alkanes of at least 4 members (excludes halogenated alkanes) is 1. The van der Waals surface area contributed by atoms with Gasteiger partial charge in [0.25, 0.3) is 0 Å². The first kappa shape index (κ1) is 30.5. The molecule has 0 bridgehead atoms. The van der Waals surface area contributed by atoms with Crippen LogP contribution in [0.2, 0.25) is 20.1 Å². The van der Waals surface area contributed by atoms with Crippen LogP contribution in [0.1, 0.15) is 38.7 Å². The van der Waals surface area contributed by atoms with E-state index in [9.17, 15) is 18.0 Å². The highest BCUT2D eigenvalue weighted by Gasteiger charge is 2.32. The van der Waals surface area contributed by atoms with Crippen LogP contribution in [0.4, 0.5) is 5.69 Å². The average Bonchev–Trinajstić information content (AvgIpc) is 2.80. The number of anilines is 1. The minimum absolute atomic E-state index is 0.00815. The maximum atomic E-state index is 13.7. The van der Waals surface area contributed by atoms with Crippen molar-refractivity contribution < 1.29 is 18.0 Å². The van der Waals surface area contributed by atoms with Gasteiger partial charge in [-0.1, -0.05) is 78.8 Å². The van der Waals surface area contributed by atoms with Crippen molar-refractivity contribution in [1.29, 1.82) is 0 Å². The highest BCUT2D eigenvalue weighted by atomic mass is 35.5. The number of amides is 2. The van der Waals surface area contributed by atoms with Crippen LogP contribution in [-0.4, -0.2) is 50.5 Å². The summed E-state index contributed by atoms with van der Waals surface area (Å²) < 4.78 is 26.3. The molecule has 0 spiro atoms. The van der Waals surface area contributed by atoms with Gasteiger partial charge in [-0.25, -0.2) is 8.42 Å². The summed E-state index contributed by atoms with van der Waals surface area (Å²) in [6.45, 7) is 3.75. The molecule has 0 saturated carbocycles. The Hall–Kier alpha value is -1.71. The molecule has 1 atom stereocenters. The van der Waals surface area contributed by atoms with Gasteiger partial charge < -0.3 is 10.2 Å². The van der Waals surface area contributed by atoms with E-state index in [0.717, 1.165) is 29.0 Å². The van der Waals surface area contributed by atoms with Crippen molar-refractivity contribution in [3.8, 4) is 0 Å². The van der Waals surface area contributed by atoms with E-state index < -0.39 is 28.5 Å². The smallest absolute Gasteiger partial charge is 0.244 e. The lowest BCUT2D eigenvalue weighted by Gasteiger charge is -2.33. The zero-order valence-corrected chi connectivity index (χ0v) is 24.1. The summed E-state index contributed by atoms with van der Waals surface area (Å²) in [5.74, 6) is -0.901. The molecule has 7 nitrogen and oxygen atoms in total. The lowest BCUT2D eigenvalue weighted by Crippen LogP contribution is -2.52. The van der Waals surface area contributed by atoms with Gasteiger partial charge in [0, 0.05) is 18.1 Å². The Kier molecular flexibility index (Phi) is 11.6. The fourth-order valence-corrected chi connectivity index (χ4v) is 5.18. The van der Waals surface area contributed by atoms with Crippen molar-refractivity contribution in [3.05, 3.63) is 62.1 Å². The molecule has 198 valence electrons. The maximum Gasteiger partial charge on any atom is 0.244 e. The fraction of sp³-hybridized carbons (Fsp3) is 0.417. The molecule has 36 heavy (non-hydrogen) atoms. The first-order valence-corrected chi connectivity index (χ1v) is 14.7. The van der Waals surface area contributed by atoms with Gasteiger partial charge in [-0.2, -0.15) is 0 Å². The van der Waals surface area contributed by atoms with Crippen LogP contribution in [-0.2, 0) is 26.2 Å². The van der Waals surface area contributed by atoms with Gasteiger partial charge in [-0.15, -0.1) is 0 Å². The molecule has 1 N–H and O–H groups in total. The number of hydrogen-bond donors (Lipinski definition) is 1. The molecule has 0 saturated heterocycles. The SMILES string of the molecule is CCCCNC(=O)C(CC)N(Cc1ccc(Cl)cc1)C(=O)CN(c1cc(Cl)c(Cl)cc1Cl)S(C)(=O)=O. The average molecular weight is 597 g/mol. The van der Waals surface area contributed by atoms with Crippen molar-refractivity contribution in [1.82, 2.24) is 10.2 Å². The number of carbonyl (C=O) groups excluding carboxylic acids is 2. The molecule has 0 aliphatic heterocycles. The van der Waals surface area contributed by atoms with Gasteiger partial charge in [0.1, 0.15) is 12.6 Å². The van der Waals surface area contributed by atoms with Crippen molar-refractivity contribution in [2.45, 2.75) is 45.7 Å². The van der Waals surface area contributed by atoms with Gasteiger partial charge in [0.15, 0.2) is 0 Å². The van der Waals surface area contributed by atoms with E-state index in [0.29, 0.717) is 18.0 Å². The zero-order chi connectivity index (χ0) is 27.0. The number of rotatable bonds is 12. The van der Waals surface area contributed by atoms with Crippen molar-refractivity contribution in [3.63, 3.8) is 0 Å². The number of benzene rings is 2. The second-order valence-electron chi connectivity index (χ2n) is 8.20. The van der Waals surface area contributed by atoms with Gasteiger partial charge in [-0.3, -0.25) is 13.9 Å². The summed E-state index contributed by atoms with van der Waals surface area (Å²) in [5.41, 5.74) is 0.736. The molecule has 0 radical (unpaired) electrons. The van der Waals surface area contributed by atoms with E-state index in [1.54, 1.807) is 31.2 Å². The van der Waals surface area contributed by atoms with E-state index in [2.05, 4.69) is 5.32 Å². The lowest BCUT2D eigenvalue weighted by molar-refractivity contribution is -0.140. The molecule has 0 aliphatic rings. The van der Waals surface area contributed by atoms with E-state index in [-0.39, 0.29) is 33.2 Å². The normalized spacial score (nSPS) is 12.2. The number of hydrogen-bond acceptors (Lipinski definition) is 4. The highest BCUT2D eigenvalue weighted by Crippen LogP contribution is 2.35. The van der Waals surface area contributed by atoms with Crippen LogP contribution in [0, 0.1) is 0 Å². The van der Waals surface area contributed by atoms with Crippen molar-refractivity contribution in [2.75, 3.05) is 23.7 Å². The highest BCUT2D eigenvalue weighted by molar-refractivity contribution is 7.92. The Bertz CT molecular complexity index is 1180. The molecular formula is C24H29Cl4N3O4S. The summed E-state index contributed by atoms with van der Waals surface area (Å²) in [7, 11) is -3.97. The van der Waals surface area contributed by atoms with Crippen LogP contribution >= 0.6 is 46.4 Å². The molecule has 0 heterocycles. The summed E-state index contributed by atoms with van der Waals surface area (Å²) in [5, 5.41) is 3.62. The molecule has 2 amide bonds. The lowest BCUT2D eigenvalue weighted by atomic mass is 10.1. The standard InChI is InChI=1S/C24H29Cl4N3O4S/c1-4-6-11-29-24(33)21(5-2)30(14-16-7-9-17(25)10-8-16)23(32)15-31(36(3,34)35)22-13-19(27)18(26)12-20(22)28/h7-10,12-13,21H,4-6,11,14-15H2,1-3H3,(H,29,33). The minimum atomic E-state index is -3.97. The first-order valence-electron chi connectivity index (χ1n) is 11.3. The maximum absolute atomic E-state index is 13.7. The number of sulfonamides is 1. The van der Waals surface area contributed by atoms with Gasteiger partial charge in [0.05, 0.1) is 27.0 Å². The van der Waals surface area contributed by atoms with Gasteiger partial charge in [0.2, 0.25) is 21.8 Å². The summed E-state index contributed by atoms with van der Waals surface area (Å²) in [6.07, 6.45) is 2.98. The topological polar surface area (TPSA) is 86.8 Å². The van der Waals surface area contributed by atoms with E-state index in [4.69, 9.17) is 46.4 Å². The number of halogens is 4. The van der Waals surface area contributed by atoms with Crippen LogP contribution in [0.5, 0.6) is 0 Å². The minimum Gasteiger partial charge on any atom is -0.354 e. The predicted octanol–water partition coefficient (Wildman–Crippen LogP) is 5.79. The molecule has 2 aromatic rings. The molecule has 1 unspecified atom stereocenters. The Morgan fingerprint density at radius 3 is 2.14 bits per heavy atom. The number of carbonyl (C=O) groups is 2. The number of nitrogens with zero attached hydrogens (tertiary/aromatic N) is 2. The third kappa shape index (κ3) is 8.42. The zero-order valence-electron chi connectivity index (χ0n) is 20.2. The van der Waals surface area contributed by atoms with Crippen LogP contribution in [0.15, 0.2) is 36.4 Å². The molecular weight excluding hydrogens is 568 g/mol. The Balaban J connectivity index is 2.46. The fourth-order valence-electron chi connectivity index (χ4n) is 3.51. The van der Waals surface area contributed by atoms with Gasteiger partial charge in [-0.05, 0) is 42.7 Å². The number of nitrogens with one attached hydrogen (secondary N) is 1. The molecule has 0 aromatic heterocycles. The first-order chi connectivity index (χ1) is 16.9. The summed E-state index contributed by atoms with van der Waals surface area (Å²) in [4.78, 5) is 28.0. The van der Waals surface area contributed by atoms with Crippen molar-refractivity contribution >= 4 is 73.9 Å². The Morgan fingerprint density at radius 1 is 0.972 bits per heavy atom. The Morgan fingerprint density at radius 2 is 1.58 bits per heavy atom. The predicted molar refractivity (Wildman–Crippen MR) is 148 cm³/mol. The second kappa shape index (κ2) is 13.7. The molecule has 0 fully saturated rings. The van der Waals surface area contributed by atoms with Crippen LogP contribution < -0.4 is 9.62 Å². The Labute approximate surface area is 232 Å². The molecule has 0 aliphatic carbocycles. The van der Waals surface area contributed by atoms with Gasteiger partial charge >= 0.3 is 0 Å². The summed E-state index contributed by atoms with van der Waals surface area (Å²) in [6, 6.07) is 8.63. The monoisotopic (exact) mass is 595 g/mol. The third-order valence-corrected chi connectivity index (χ3v) is 7.82. The molecule has 2 aromatic carbocycles. The third-order valence-electron chi connectivity index (χ3n) is 5.42. The molecule has 12 heteroatoms. The summed E-state index contributed by atoms with van der Waals surface area (Å²) >= 11 is 24.4. The van der Waals surface area contributed by atoms with Crippen LogP contribution in [0.25, 0.3) is 0 Å². The van der Waals surface area contributed by atoms with Crippen LogP contribution in [0.3, 0.4) is 0 Å². The second-order valence-corrected chi connectivity index (χ2v) is 11.8. The largest absolute Gasteiger partial charge is 0.354 e.